The van der Waals surface area contributed by atoms with Gasteiger partial charge >= 0.3 is 0 Å². The van der Waals surface area contributed by atoms with Crippen molar-refractivity contribution in [1.82, 2.24) is 0 Å². The number of hydrogen-bond acceptors (Lipinski definition) is 2. The van der Waals surface area contributed by atoms with Crippen molar-refractivity contribution in [2.24, 2.45) is 0 Å². The molecule has 0 fully saturated rings. The maximum Gasteiger partial charge on any atom is 0.166 e. The van der Waals surface area contributed by atoms with Crippen molar-refractivity contribution in [2.45, 2.75) is 40.5 Å². The second-order valence-electron chi connectivity index (χ2n) is 4.08. The topological polar surface area (TPSA) is 26.3 Å². The quantitative estimate of drug-likeness (QED) is 0.707. The summed E-state index contributed by atoms with van der Waals surface area (Å²) >= 11 is 0. The first kappa shape index (κ1) is 12.8. The molecular weight excluding hydrogens is 200 g/mol. The average Bonchev–Trinajstić information content (AvgIpc) is 2.26. The Morgan fingerprint density at radius 1 is 1.25 bits per heavy atom. The van der Waals surface area contributed by atoms with Crippen LogP contribution in [-0.2, 0) is 0 Å². The number of aryl methyl sites for hydroxylation is 2. The zero-order valence-corrected chi connectivity index (χ0v) is 10.6. The van der Waals surface area contributed by atoms with E-state index in [4.69, 9.17) is 4.74 Å². The van der Waals surface area contributed by atoms with E-state index in [9.17, 15) is 4.79 Å². The minimum Gasteiger partial charge on any atom is -0.493 e. The molecule has 0 heterocycles. The second kappa shape index (κ2) is 5.69. The molecule has 0 N–H and O–H groups in total. The highest BCUT2D eigenvalue weighted by Gasteiger charge is 2.13. The van der Waals surface area contributed by atoms with E-state index < -0.39 is 0 Å². The van der Waals surface area contributed by atoms with Crippen molar-refractivity contribution in [2.75, 3.05) is 6.61 Å². The highest BCUT2D eigenvalue weighted by molar-refractivity contribution is 5.99. The Morgan fingerprint density at radius 3 is 2.50 bits per heavy atom. The van der Waals surface area contributed by atoms with Crippen molar-refractivity contribution in [3.05, 3.63) is 28.8 Å². The first-order valence-electron chi connectivity index (χ1n) is 5.87. The predicted octanol–water partition coefficient (Wildman–Crippen LogP) is 3.68. The summed E-state index contributed by atoms with van der Waals surface area (Å²) in [4.78, 5) is 11.8. The van der Waals surface area contributed by atoms with Crippen LogP contribution in [0.25, 0.3) is 0 Å². The number of Topliss-reactive ketones (excluding diaryl/α,β-unsaturated/α-hetero) is 1. The van der Waals surface area contributed by atoms with E-state index in [1.165, 1.54) is 0 Å². The molecule has 0 unspecified atom stereocenters. The molecule has 16 heavy (non-hydrogen) atoms. The molecule has 2 heteroatoms. The molecule has 1 rings (SSSR count). The molecule has 0 bridgehead atoms. The molecule has 0 aliphatic rings. The Kier molecular flexibility index (Phi) is 4.53. The Morgan fingerprint density at radius 2 is 1.94 bits per heavy atom. The van der Waals surface area contributed by atoms with Gasteiger partial charge in [-0.3, -0.25) is 4.79 Å². The summed E-state index contributed by atoms with van der Waals surface area (Å²) in [6.07, 6.45) is 1.47. The fraction of sp³-hybridized carbons (Fsp3) is 0.500. The molecule has 0 radical (unpaired) electrons. The average molecular weight is 220 g/mol. The number of carbonyl (C=O) groups excluding carboxylic acids is 1. The molecule has 1 aromatic rings. The summed E-state index contributed by atoms with van der Waals surface area (Å²) in [6.45, 7) is 8.59. The molecule has 2 nitrogen and oxygen atoms in total. The van der Waals surface area contributed by atoms with Gasteiger partial charge < -0.3 is 4.74 Å². The normalized spacial score (nSPS) is 10.2. The predicted molar refractivity (Wildman–Crippen MR) is 66.3 cm³/mol. The van der Waals surface area contributed by atoms with Gasteiger partial charge in [0.05, 0.1) is 12.2 Å². The number of carbonyl (C=O) groups is 1. The van der Waals surface area contributed by atoms with Gasteiger partial charge in [0.25, 0.3) is 0 Å². The van der Waals surface area contributed by atoms with Gasteiger partial charge in [0.1, 0.15) is 5.75 Å². The van der Waals surface area contributed by atoms with Crippen LogP contribution in [0.2, 0.25) is 0 Å². The van der Waals surface area contributed by atoms with Crippen LogP contribution in [0.4, 0.5) is 0 Å². The highest BCUT2D eigenvalue weighted by atomic mass is 16.5. The van der Waals surface area contributed by atoms with E-state index in [0.717, 1.165) is 28.9 Å². The van der Waals surface area contributed by atoms with Crippen LogP contribution in [0.15, 0.2) is 12.1 Å². The summed E-state index contributed by atoms with van der Waals surface area (Å²) < 4.78 is 5.67. The molecule has 0 saturated carbocycles. The summed E-state index contributed by atoms with van der Waals surface area (Å²) in [5, 5.41) is 0. The van der Waals surface area contributed by atoms with Crippen molar-refractivity contribution >= 4 is 5.78 Å². The van der Waals surface area contributed by atoms with Gasteiger partial charge in [-0.2, -0.15) is 0 Å². The molecule has 0 spiro atoms. The van der Waals surface area contributed by atoms with Crippen LogP contribution in [0, 0.1) is 13.8 Å². The Bertz CT molecular complexity index is 381. The number of benzene rings is 1. The van der Waals surface area contributed by atoms with Crippen molar-refractivity contribution < 1.29 is 9.53 Å². The fourth-order valence-electron chi connectivity index (χ4n) is 1.75. The molecule has 0 saturated heterocycles. The van der Waals surface area contributed by atoms with Gasteiger partial charge in [0.15, 0.2) is 5.78 Å². The number of rotatable bonds is 5. The molecule has 0 aromatic heterocycles. The molecule has 0 aliphatic carbocycles. The SMILES string of the molecule is CCCOc1c(C)cc(C)cc1C(=O)CC. The second-order valence-corrected chi connectivity index (χ2v) is 4.08. The molecule has 1 aromatic carbocycles. The van der Waals surface area contributed by atoms with E-state index in [1.807, 2.05) is 26.8 Å². The molecule has 0 atom stereocenters. The minimum absolute atomic E-state index is 0.151. The van der Waals surface area contributed by atoms with E-state index >= 15 is 0 Å². The van der Waals surface area contributed by atoms with Crippen LogP contribution in [0.3, 0.4) is 0 Å². The lowest BCUT2D eigenvalue weighted by atomic mass is 10.0. The van der Waals surface area contributed by atoms with E-state index in [1.54, 1.807) is 0 Å². The van der Waals surface area contributed by atoms with Gasteiger partial charge in [-0.15, -0.1) is 0 Å². The highest BCUT2D eigenvalue weighted by Crippen LogP contribution is 2.26. The van der Waals surface area contributed by atoms with Crippen LogP contribution in [-0.4, -0.2) is 12.4 Å². The van der Waals surface area contributed by atoms with Crippen molar-refractivity contribution in [3.8, 4) is 5.75 Å². The van der Waals surface area contributed by atoms with Crippen molar-refractivity contribution in [1.29, 1.82) is 0 Å². The first-order chi connectivity index (χ1) is 7.60. The van der Waals surface area contributed by atoms with E-state index in [-0.39, 0.29) is 5.78 Å². The number of ether oxygens (including phenoxy) is 1. The van der Waals surface area contributed by atoms with E-state index in [0.29, 0.717) is 13.0 Å². The van der Waals surface area contributed by atoms with Gasteiger partial charge in [0.2, 0.25) is 0 Å². The third-order valence-corrected chi connectivity index (χ3v) is 2.49. The summed E-state index contributed by atoms with van der Waals surface area (Å²) in [5.74, 6) is 0.914. The van der Waals surface area contributed by atoms with Gasteiger partial charge in [0, 0.05) is 6.42 Å². The lowest BCUT2D eigenvalue weighted by molar-refractivity contribution is 0.0984. The fourth-order valence-corrected chi connectivity index (χ4v) is 1.75. The monoisotopic (exact) mass is 220 g/mol. The Hall–Kier alpha value is -1.31. The molecular formula is C14H20O2. The van der Waals surface area contributed by atoms with Gasteiger partial charge in [-0.1, -0.05) is 19.9 Å². The zero-order chi connectivity index (χ0) is 12.1. The zero-order valence-electron chi connectivity index (χ0n) is 10.6. The third kappa shape index (κ3) is 2.84. The number of ketones is 1. The Labute approximate surface area is 97.6 Å². The summed E-state index contributed by atoms with van der Waals surface area (Å²) in [7, 11) is 0. The number of hydrogen-bond donors (Lipinski definition) is 0. The summed E-state index contributed by atoms with van der Waals surface area (Å²) in [6, 6.07) is 3.97. The van der Waals surface area contributed by atoms with Crippen LogP contribution < -0.4 is 4.74 Å². The van der Waals surface area contributed by atoms with Crippen LogP contribution >= 0.6 is 0 Å². The lowest BCUT2D eigenvalue weighted by Gasteiger charge is -2.13. The molecule has 0 amide bonds. The van der Waals surface area contributed by atoms with Gasteiger partial charge in [-0.25, -0.2) is 0 Å². The lowest BCUT2D eigenvalue weighted by Crippen LogP contribution is -2.06. The van der Waals surface area contributed by atoms with Gasteiger partial charge in [-0.05, 0) is 37.5 Å². The molecule has 0 aliphatic heterocycles. The minimum atomic E-state index is 0.151. The summed E-state index contributed by atoms with van der Waals surface area (Å²) in [5.41, 5.74) is 2.89. The largest absolute Gasteiger partial charge is 0.493 e. The standard InChI is InChI=1S/C14H20O2/c1-5-7-16-14-11(4)8-10(3)9-12(14)13(15)6-2/h8-9H,5-7H2,1-4H3. The van der Waals surface area contributed by atoms with Crippen molar-refractivity contribution in [3.63, 3.8) is 0 Å². The van der Waals surface area contributed by atoms with Crippen LogP contribution in [0.5, 0.6) is 5.75 Å². The maximum atomic E-state index is 11.8. The maximum absolute atomic E-state index is 11.8. The van der Waals surface area contributed by atoms with E-state index in [2.05, 4.69) is 13.0 Å². The first-order valence-corrected chi connectivity index (χ1v) is 5.87. The Balaban J connectivity index is 3.15. The third-order valence-electron chi connectivity index (χ3n) is 2.49. The molecule has 88 valence electrons. The smallest absolute Gasteiger partial charge is 0.166 e. The van der Waals surface area contributed by atoms with Crippen LogP contribution in [0.1, 0.15) is 48.2 Å².